The standard InChI is InChI=1S/C21H28N2O3/c1-5-6-7-14-8-10-15(11-9-14)22-18(25)21-13-12-20(4,19(21,2)3)16(23-26)17(21)24/h8-11,26H,5-7,12-13H2,1-4H3,(H,22,25). The summed E-state index contributed by atoms with van der Waals surface area (Å²) in [6.07, 6.45) is 4.45. The fourth-order valence-corrected chi connectivity index (χ4v) is 4.83. The fourth-order valence-electron chi connectivity index (χ4n) is 4.83. The summed E-state index contributed by atoms with van der Waals surface area (Å²) in [7, 11) is 0. The van der Waals surface area contributed by atoms with Gasteiger partial charge in [0.1, 0.15) is 11.1 Å². The highest BCUT2D eigenvalue weighted by atomic mass is 16.4. The lowest BCUT2D eigenvalue weighted by molar-refractivity contribution is -0.140. The minimum Gasteiger partial charge on any atom is -0.411 e. The molecule has 5 nitrogen and oxygen atoms in total. The molecule has 1 aromatic carbocycles. The number of aryl methyl sites for hydroxylation is 1. The van der Waals surface area contributed by atoms with Crippen LogP contribution in [0.4, 0.5) is 5.69 Å². The van der Waals surface area contributed by atoms with Crippen LogP contribution in [0.1, 0.15) is 58.9 Å². The zero-order valence-electron chi connectivity index (χ0n) is 16.1. The minimum atomic E-state index is -1.18. The number of ketones is 1. The van der Waals surface area contributed by atoms with Crippen molar-refractivity contribution in [2.75, 3.05) is 5.32 Å². The summed E-state index contributed by atoms with van der Waals surface area (Å²) in [5.74, 6) is -0.632. The largest absolute Gasteiger partial charge is 0.411 e. The van der Waals surface area contributed by atoms with Crippen LogP contribution in [0.15, 0.2) is 29.4 Å². The highest BCUT2D eigenvalue weighted by molar-refractivity contribution is 6.51. The number of carbonyl (C=O) groups excluding carboxylic acids is 2. The van der Waals surface area contributed by atoms with Crippen molar-refractivity contribution in [2.24, 2.45) is 21.4 Å². The second-order valence-corrected chi connectivity index (χ2v) is 8.39. The molecule has 26 heavy (non-hydrogen) atoms. The normalized spacial score (nSPS) is 30.8. The van der Waals surface area contributed by atoms with Gasteiger partial charge in [0.2, 0.25) is 5.91 Å². The summed E-state index contributed by atoms with van der Waals surface area (Å²) in [6.45, 7) is 7.95. The zero-order chi connectivity index (χ0) is 19.2. The highest BCUT2D eigenvalue weighted by Gasteiger charge is 2.76. The molecule has 2 atom stereocenters. The van der Waals surface area contributed by atoms with E-state index in [-0.39, 0.29) is 17.4 Å². The van der Waals surface area contributed by atoms with Gasteiger partial charge >= 0.3 is 0 Å². The number of nitrogens with zero attached hydrogens (tertiary/aromatic N) is 1. The Kier molecular flexibility index (Phi) is 4.45. The van der Waals surface area contributed by atoms with E-state index in [1.807, 2.05) is 45.0 Å². The molecule has 2 unspecified atom stereocenters. The molecule has 0 spiro atoms. The van der Waals surface area contributed by atoms with E-state index in [9.17, 15) is 14.8 Å². The van der Waals surface area contributed by atoms with E-state index >= 15 is 0 Å². The van der Waals surface area contributed by atoms with E-state index in [0.29, 0.717) is 18.5 Å². The molecule has 5 heteroatoms. The molecule has 140 valence electrons. The monoisotopic (exact) mass is 356 g/mol. The molecule has 2 N–H and O–H groups in total. The first kappa shape index (κ1) is 18.6. The van der Waals surface area contributed by atoms with Gasteiger partial charge in [0, 0.05) is 11.1 Å². The van der Waals surface area contributed by atoms with Crippen molar-refractivity contribution >= 4 is 23.1 Å². The quantitative estimate of drug-likeness (QED) is 0.471. The number of nitrogens with one attached hydrogen (secondary N) is 1. The number of hydrogen-bond acceptors (Lipinski definition) is 4. The molecule has 2 saturated carbocycles. The van der Waals surface area contributed by atoms with E-state index in [1.54, 1.807) is 0 Å². The van der Waals surface area contributed by atoms with Gasteiger partial charge < -0.3 is 10.5 Å². The number of fused-ring (bicyclic) bond motifs is 2. The van der Waals surface area contributed by atoms with Gasteiger partial charge in [0.25, 0.3) is 0 Å². The van der Waals surface area contributed by atoms with Gasteiger partial charge in [-0.2, -0.15) is 0 Å². The van der Waals surface area contributed by atoms with E-state index in [4.69, 9.17) is 0 Å². The van der Waals surface area contributed by atoms with Crippen molar-refractivity contribution in [3.8, 4) is 0 Å². The molecular formula is C21H28N2O3. The molecule has 0 aliphatic heterocycles. The lowest BCUT2D eigenvalue weighted by Crippen LogP contribution is -2.47. The Hall–Kier alpha value is -2.17. The summed E-state index contributed by atoms with van der Waals surface area (Å²) < 4.78 is 0. The average Bonchev–Trinajstić information content (AvgIpc) is 2.89. The maximum absolute atomic E-state index is 13.2. The molecule has 2 aliphatic carbocycles. The number of unbranched alkanes of at least 4 members (excludes halogenated alkanes) is 1. The first-order chi connectivity index (χ1) is 12.2. The van der Waals surface area contributed by atoms with Crippen LogP contribution in [0.5, 0.6) is 0 Å². The summed E-state index contributed by atoms with van der Waals surface area (Å²) in [4.78, 5) is 26.2. The van der Waals surface area contributed by atoms with E-state index < -0.39 is 16.2 Å². The van der Waals surface area contributed by atoms with Crippen LogP contribution in [0.25, 0.3) is 0 Å². The molecule has 1 amide bonds. The number of rotatable bonds is 5. The molecule has 0 aromatic heterocycles. The maximum Gasteiger partial charge on any atom is 0.239 e. The Morgan fingerprint density at radius 2 is 1.85 bits per heavy atom. The molecule has 0 saturated heterocycles. The fraction of sp³-hybridized carbons (Fsp3) is 0.571. The third-order valence-electron chi connectivity index (χ3n) is 7.09. The Bertz CT molecular complexity index is 766. The summed E-state index contributed by atoms with van der Waals surface area (Å²) >= 11 is 0. The lowest BCUT2D eigenvalue weighted by atomic mass is 9.64. The smallest absolute Gasteiger partial charge is 0.239 e. The van der Waals surface area contributed by atoms with Crippen LogP contribution < -0.4 is 5.32 Å². The minimum absolute atomic E-state index is 0.138. The second kappa shape index (κ2) is 6.22. The Labute approximate surface area is 154 Å². The molecule has 2 fully saturated rings. The van der Waals surface area contributed by atoms with Crippen molar-refractivity contribution in [2.45, 2.75) is 59.8 Å². The number of amides is 1. The number of benzene rings is 1. The second-order valence-electron chi connectivity index (χ2n) is 8.39. The highest BCUT2D eigenvalue weighted by Crippen LogP contribution is 2.69. The van der Waals surface area contributed by atoms with Crippen molar-refractivity contribution in [3.05, 3.63) is 29.8 Å². The average molecular weight is 356 g/mol. The van der Waals surface area contributed by atoms with Crippen molar-refractivity contribution in [1.82, 2.24) is 0 Å². The summed E-state index contributed by atoms with van der Waals surface area (Å²) in [6, 6.07) is 7.82. The molecule has 2 aliphatic rings. The van der Waals surface area contributed by atoms with Crippen LogP contribution in [-0.4, -0.2) is 22.6 Å². The Balaban J connectivity index is 1.87. The van der Waals surface area contributed by atoms with Crippen molar-refractivity contribution < 1.29 is 14.8 Å². The van der Waals surface area contributed by atoms with Gasteiger partial charge in [-0.25, -0.2) is 0 Å². The summed E-state index contributed by atoms with van der Waals surface area (Å²) in [5.41, 5.74) is -0.299. The molecule has 0 heterocycles. The predicted octanol–water partition coefficient (Wildman–Crippen LogP) is 4.19. The van der Waals surface area contributed by atoms with Gasteiger partial charge in [-0.05, 0) is 48.8 Å². The zero-order valence-corrected chi connectivity index (χ0v) is 16.1. The van der Waals surface area contributed by atoms with Crippen LogP contribution in [0.3, 0.4) is 0 Å². The third-order valence-corrected chi connectivity index (χ3v) is 7.09. The number of anilines is 1. The predicted molar refractivity (Wildman–Crippen MR) is 101 cm³/mol. The number of hydrogen-bond donors (Lipinski definition) is 2. The Morgan fingerprint density at radius 3 is 2.38 bits per heavy atom. The first-order valence-electron chi connectivity index (χ1n) is 9.42. The SMILES string of the molecule is CCCCc1ccc(NC(=O)C23CCC(C)(C(=NO)C2=O)C3(C)C)cc1. The summed E-state index contributed by atoms with van der Waals surface area (Å²) in [5, 5.41) is 15.6. The maximum atomic E-state index is 13.2. The number of Topliss-reactive ketones (excluding diaryl/α,β-unsaturated/α-hetero) is 1. The Morgan fingerprint density at radius 1 is 1.19 bits per heavy atom. The van der Waals surface area contributed by atoms with Crippen molar-refractivity contribution in [3.63, 3.8) is 0 Å². The van der Waals surface area contributed by atoms with E-state index in [1.165, 1.54) is 5.56 Å². The molecule has 3 rings (SSSR count). The van der Waals surface area contributed by atoms with Crippen LogP contribution in [0.2, 0.25) is 0 Å². The van der Waals surface area contributed by atoms with Gasteiger partial charge in [-0.15, -0.1) is 0 Å². The lowest BCUT2D eigenvalue weighted by Gasteiger charge is -2.37. The molecule has 1 aromatic rings. The van der Waals surface area contributed by atoms with Crippen LogP contribution in [-0.2, 0) is 16.0 Å². The van der Waals surface area contributed by atoms with Gasteiger partial charge in [-0.1, -0.05) is 51.4 Å². The molecule has 0 radical (unpaired) electrons. The van der Waals surface area contributed by atoms with Crippen LogP contribution in [0, 0.1) is 16.2 Å². The van der Waals surface area contributed by atoms with E-state index in [0.717, 1.165) is 19.3 Å². The van der Waals surface area contributed by atoms with Gasteiger partial charge in [-0.3, -0.25) is 9.59 Å². The van der Waals surface area contributed by atoms with Gasteiger partial charge in [0.05, 0.1) is 0 Å². The van der Waals surface area contributed by atoms with Crippen molar-refractivity contribution in [1.29, 1.82) is 0 Å². The topological polar surface area (TPSA) is 78.8 Å². The first-order valence-corrected chi connectivity index (χ1v) is 9.42. The third kappa shape index (κ3) is 2.25. The number of oxime groups is 1. The van der Waals surface area contributed by atoms with E-state index in [2.05, 4.69) is 17.4 Å². The van der Waals surface area contributed by atoms with Gasteiger partial charge in [0.15, 0.2) is 5.78 Å². The molecule has 2 bridgehead atoms. The van der Waals surface area contributed by atoms with Crippen LogP contribution >= 0.6 is 0 Å². The molecular weight excluding hydrogens is 328 g/mol. The number of carbonyl (C=O) groups is 2.